The van der Waals surface area contributed by atoms with Gasteiger partial charge >= 0.3 is 0 Å². The quantitative estimate of drug-likeness (QED) is 0.492. The van der Waals surface area contributed by atoms with Crippen LogP contribution in [0.15, 0.2) is 48.0 Å². The molecule has 0 aliphatic carbocycles. The Balaban J connectivity index is 0.00000105. The molecule has 4 heterocycles. The molecule has 1 fully saturated rings. The van der Waals surface area contributed by atoms with E-state index in [0.717, 1.165) is 50.9 Å². The van der Waals surface area contributed by atoms with E-state index in [1.54, 1.807) is 11.3 Å². The van der Waals surface area contributed by atoms with Crippen LogP contribution >= 0.6 is 36.2 Å². The van der Waals surface area contributed by atoms with Crippen molar-refractivity contribution >= 4 is 53.0 Å². The minimum atomic E-state index is 0. The maximum absolute atomic E-state index is 5.46. The van der Waals surface area contributed by atoms with Gasteiger partial charge in [0.05, 0.1) is 29.1 Å². The van der Waals surface area contributed by atoms with Crippen molar-refractivity contribution in [1.82, 2.24) is 18.9 Å². The third-order valence-electron chi connectivity index (χ3n) is 4.88. The number of para-hydroxylation sites is 2. The first-order valence-electron chi connectivity index (χ1n) is 8.70. The molecule has 0 unspecified atom stereocenters. The number of imidazole rings is 2. The van der Waals surface area contributed by atoms with Gasteiger partial charge < -0.3 is 9.30 Å². The second-order valence-corrected chi connectivity index (χ2v) is 7.32. The van der Waals surface area contributed by atoms with Crippen molar-refractivity contribution in [2.75, 3.05) is 32.8 Å². The Morgan fingerprint density at radius 3 is 2.48 bits per heavy atom. The average Bonchev–Trinajstić information content (AvgIpc) is 3.37. The Morgan fingerprint density at radius 2 is 1.74 bits per heavy atom. The monoisotopic (exact) mass is 424 g/mol. The first kappa shape index (κ1) is 20.2. The van der Waals surface area contributed by atoms with E-state index >= 15 is 0 Å². The SMILES string of the molecule is Cl.Cl.c1csc(-c2cn3c4ccccc4n(CCN4CCOCC4)c3n2)c1. The molecular formula is C19H22Cl2N4OS. The van der Waals surface area contributed by atoms with Gasteiger partial charge in [-0.15, -0.1) is 36.2 Å². The minimum absolute atomic E-state index is 0. The first-order chi connectivity index (χ1) is 12.4. The molecule has 1 aliphatic heterocycles. The third-order valence-corrected chi connectivity index (χ3v) is 5.77. The maximum Gasteiger partial charge on any atom is 0.215 e. The van der Waals surface area contributed by atoms with Gasteiger partial charge in [0, 0.05) is 32.4 Å². The number of benzene rings is 1. The lowest BCUT2D eigenvalue weighted by Gasteiger charge is -2.26. The summed E-state index contributed by atoms with van der Waals surface area (Å²) in [6.45, 7) is 5.69. The molecule has 1 aliphatic rings. The highest BCUT2D eigenvalue weighted by molar-refractivity contribution is 7.13. The Morgan fingerprint density at radius 1 is 0.963 bits per heavy atom. The van der Waals surface area contributed by atoms with Crippen LogP contribution in [0.3, 0.4) is 0 Å². The Labute approximate surface area is 174 Å². The maximum atomic E-state index is 5.46. The van der Waals surface area contributed by atoms with E-state index < -0.39 is 0 Å². The van der Waals surface area contributed by atoms with Crippen LogP contribution < -0.4 is 0 Å². The predicted molar refractivity (Wildman–Crippen MR) is 116 cm³/mol. The summed E-state index contributed by atoms with van der Waals surface area (Å²) in [6.07, 6.45) is 2.16. The van der Waals surface area contributed by atoms with Crippen LogP contribution in [0.5, 0.6) is 0 Å². The topological polar surface area (TPSA) is 34.7 Å². The van der Waals surface area contributed by atoms with Gasteiger partial charge in [-0.1, -0.05) is 18.2 Å². The summed E-state index contributed by atoms with van der Waals surface area (Å²) in [4.78, 5) is 8.63. The molecule has 3 aromatic heterocycles. The molecule has 144 valence electrons. The van der Waals surface area contributed by atoms with Crippen molar-refractivity contribution in [2.24, 2.45) is 0 Å². The molecule has 5 nitrogen and oxygen atoms in total. The van der Waals surface area contributed by atoms with Crippen LogP contribution in [0, 0.1) is 0 Å². The van der Waals surface area contributed by atoms with E-state index in [0.29, 0.717) is 0 Å². The van der Waals surface area contributed by atoms with Crippen molar-refractivity contribution < 1.29 is 4.74 Å². The number of fused-ring (bicyclic) bond motifs is 3. The smallest absolute Gasteiger partial charge is 0.215 e. The average molecular weight is 425 g/mol. The molecule has 0 amide bonds. The fraction of sp³-hybridized carbons (Fsp3) is 0.316. The van der Waals surface area contributed by atoms with Crippen LogP contribution in [0.4, 0.5) is 0 Å². The van der Waals surface area contributed by atoms with Crippen molar-refractivity contribution in [3.05, 3.63) is 48.0 Å². The van der Waals surface area contributed by atoms with E-state index in [9.17, 15) is 0 Å². The van der Waals surface area contributed by atoms with Crippen LogP contribution in [-0.2, 0) is 11.3 Å². The number of thiophene rings is 1. The van der Waals surface area contributed by atoms with Crippen LogP contribution in [0.2, 0.25) is 0 Å². The lowest BCUT2D eigenvalue weighted by atomic mass is 10.3. The van der Waals surface area contributed by atoms with Gasteiger partial charge in [-0.05, 0) is 23.6 Å². The molecule has 0 spiro atoms. The number of ether oxygens (including phenoxy) is 1. The number of rotatable bonds is 4. The molecule has 0 N–H and O–H groups in total. The summed E-state index contributed by atoms with van der Waals surface area (Å²) in [5.74, 6) is 1.03. The summed E-state index contributed by atoms with van der Waals surface area (Å²) >= 11 is 1.73. The largest absolute Gasteiger partial charge is 0.379 e. The number of hydrogen-bond donors (Lipinski definition) is 0. The molecule has 27 heavy (non-hydrogen) atoms. The molecule has 0 saturated carbocycles. The highest BCUT2D eigenvalue weighted by Gasteiger charge is 2.16. The fourth-order valence-electron chi connectivity index (χ4n) is 3.57. The lowest BCUT2D eigenvalue weighted by molar-refractivity contribution is 0.0366. The molecule has 0 atom stereocenters. The molecule has 5 rings (SSSR count). The van der Waals surface area contributed by atoms with E-state index in [2.05, 4.69) is 61.8 Å². The predicted octanol–water partition coefficient (Wildman–Crippen LogP) is 4.19. The molecule has 0 bridgehead atoms. The molecule has 1 aromatic carbocycles. The Hall–Kier alpha value is -1.57. The van der Waals surface area contributed by atoms with Gasteiger partial charge in [-0.2, -0.15) is 0 Å². The van der Waals surface area contributed by atoms with Crippen molar-refractivity contribution in [3.8, 4) is 10.6 Å². The van der Waals surface area contributed by atoms with E-state index in [4.69, 9.17) is 9.72 Å². The van der Waals surface area contributed by atoms with Gasteiger partial charge in [0.25, 0.3) is 0 Å². The zero-order valence-electron chi connectivity index (χ0n) is 14.8. The van der Waals surface area contributed by atoms with Crippen molar-refractivity contribution in [3.63, 3.8) is 0 Å². The van der Waals surface area contributed by atoms with Crippen LogP contribution in [0.1, 0.15) is 0 Å². The van der Waals surface area contributed by atoms with E-state index in [1.165, 1.54) is 15.9 Å². The van der Waals surface area contributed by atoms with Crippen molar-refractivity contribution in [2.45, 2.75) is 6.54 Å². The second-order valence-electron chi connectivity index (χ2n) is 6.37. The van der Waals surface area contributed by atoms with Crippen molar-refractivity contribution in [1.29, 1.82) is 0 Å². The van der Waals surface area contributed by atoms with Crippen LogP contribution in [0.25, 0.3) is 27.4 Å². The van der Waals surface area contributed by atoms with Gasteiger partial charge in [0.2, 0.25) is 5.78 Å². The molecular weight excluding hydrogens is 403 g/mol. The number of halogens is 2. The van der Waals surface area contributed by atoms with Gasteiger partial charge in [-0.3, -0.25) is 9.30 Å². The zero-order chi connectivity index (χ0) is 16.6. The summed E-state index contributed by atoms with van der Waals surface area (Å²) in [5.41, 5.74) is 3.52. The summed E-state index contributed by atoms with van der Waals surface area (Å²) in [7, 11) is 0. The van der Waals surface area contributed by atoms with Gasteiger partial charge in [-0.25, -0.2) is 4.98 Å². The number of hydrogen-bond acceptors (Lipinski definition) is 4. The second kappa shape index (κ2) is 8.63. The normalized spacial score (nSPS) is 15.0. The number of aromatic nitrogens is 3. The molecule has 8 heteroatoms. The number of morpholine rings is 1. The summed E-state index contributed by atoms with van der Waals surface area (Å²) in [5, 5.41) is 2.10. The summed E-state index contributed by atoms with van der Waals surface area (Å²) < 4.78 is 10.0. The minimum Gasteiger partial charge on any atom is -0.379 e. The highest BCUT2D eigenvalue weighted by Crippen LogP contribution is 2.28. The lowest BCUT2D eigenvalue weighted by Crippen LogP contribution is -2.38. The zero-order valence-corrected chi connectivity index (χ0v) is 17.2. The first-order valence-corrected chi connectivity index (χ1v) is 9.58. The molecule has 1 saturated heterocycles. The Kier molecular flexibility index (Phi) is 6.44. The standard InChI is InChI=1S/C19H20N4OS.2ClH/c1-2-5-17-16(4-1)22(8-7-21-9-11-24-12-10-21)19-20-15(14-23(17)19)18-6-3-13-25-18;;/h1-6,13-14H,7-12H2;2*1H. The number of nitrogens with zero attached hydrogens (tertiary/aromatic N) is 4. The fourth-order valence-corrected chi connectivity index (χ4v) is 4.25. The summed E-state index contributed by atoms with van der Waals surface area (Å²) in [6, 6.07) is 12.8. The molecule has 4 aromatic rings. The Bertz CT molecular complexity index is 1010. The molecule has 0 radical (unpaired) electrons. The highest BCUT2D eigenvalue weighted by atomic mass is 35.5. The van der Waals surface area contributed by atoms with Gasteiger partial charge in [0.15, 0.2) is 0 Å². The van der Waals surface area contributed by atoms with E-state index in [-0.39, 0.29) is 24.8 Å². The van der Waals surface area contributed by atoms with E-state index in [1.807, 2.05) is 0 Å². The van der Waals surface area contributed by atoms with Gasteiger partial charge in [0.1, 0.15) is 5.69 Å². The third kappa shape index (κ3) is 3.73. The van der Waals surface area contributed by atoms with Crippen LogP contribution in [-0.4, -0.2) is 51.7 Å².